The van der Waals surface area contributed by atoms with Gasteiger partial charge in [0.2, 0.25) is 11.8 Å². The molecule has 4 N–H and O–H groups in total. The fourth-order valence-corrected chi connectivity index (χ4v) is 5.61. The van der Waals surface area contributed by atoms with Gasteiger partial charge in [0.25, 0.3) is 0 Å². The third kappa shape index (κ3) is 20.1. The molecule has 1 rings (SSSR count). The molecule has 0 saturated heterocycles. The molecule has 0 aliphatic rings. The minimum absolute atomic E-state index is 0.0124. The van der Waals surface area contributed by atoms with Gasteiger partial charge in [0, 0.05) is 17.9 Å². The molecule has 0 radical (unpaired) electrons. The quantitative estimate of drug-likeness (QED) is 0.0305. The topological polar surface area (TPSA) is 142 Å². The van der Waals surface area contributed by atoms with E-state index in [0.717, 1.165) is 44.6 Å². The smallest absolute Gasteiger partial charge is 0.339 e. The van der Waals surface area contributed by atoms with Crippen LogP contribution < -0.4 is 10.6 Å². The Morgan fingerprint density at radius 2 is 1.35 bits per heavy atom. The zero-order chi connectivity index (χ0) is 33.8. The normalized spacial score (nSPS) is 12.7. The average Bonchev–Trinajstić information content (AvgIpc) is 3.03. The van der Waals surface area contributed by atoms with E-state index < -0.39 is 29.6 Å². The Hall–Kier alpha value is -3.96. The molecular weight excluding hydrogens is 625 g/mol. The number of carboxylic acid groups (broad SMARTS) is 1. The van der Waals surface area contributed by atoms with Crippen LogP contribution in [-0.2, 0) is 19.1 Å². The van der Waals surface area contributed by atoms with Crippen molar-refractivity contribution in [3.05, 3.63) is 96.7 Å². The summed E-state index contributed by atoms with van der Waals surface area (Å²) in [5, 5.41) is 23.9. The fourth-order valence-electron chi connectivity index (χ4n) is 3.62. The molecule has 1 aromatic rings. The molecule has 0 spiro atoms. The van der Waals surface area contributed by atoms with E-state index in [1.165, 1.54) is 40.8 Å². The number of carbonyl (C=O) groups excluding carboxylic acids is 3. The maximum Gasteiger partial charge on any atom is 0.339 e. The van der Waals surface area contributed by atoms with E-state index >= 15 is 0 Å². The van der Waals surface area contributed by atoms with Gasteiger partial charge in [-0.3, -0.25) is 9.59 Å². The molecule has 46 heavy (non-hydrogen) atoms. The first-order valence-corrected chi connectivity index (χ1v) is 17.6. The number of methoxy groups -OCH3 is 1. The van der Waals surface area contributed by atoms with Gasteiger partial charge in [-0.15, -0.1) is 0 Å². The molecule has 0 bridgehead atoms. The van der Waals surface area contributed by atoms with Crippen LogP contribution in [-0.4, -0.2) is 58.6 Å². The van der Waals surface area contributed by atoms with Crippen molar-refractivity contribution in [1.82, 2.24) is 5.32 Å². The second-order valence-electron chi connectivity index (χ2n) is 9.73. The molecule has 0 heterocycles. The van der Waals surface area contributed by atoms with Gasteiger partial charge < -0.3 is 25.6 Å². The Labute approximate surface area is 280 Å². The van der Waals surface area contributed by atoms with Crippen LogP contribution in [0.25, 0.3) is 0 Å². The summed E-state index contributed by atoms with van der Waals surface area (Å²) in [4.78, 5) is 47.9. The first-order valence-electron chi connectivity index (χ1n) is 15.2. The number of carboxylic acids is 1. The lowest BCUT2D eigenvalue weighted by Crippen LogP contribution is -2.43. The standard InChI is InChI=1S/C35H46N2O7S2/c1-3-4-5-6-7-8-9-10-11-12-13-14-15-16-17-18-19-20-21-22-32(39)37-30(35(43)44-2)26-45-46-27-33(40)36-28-23-24-31(38)29(25-28)34(41)42/h4-5,7-8,10-11,13-14,16-17,19-20,23-25,30,38H,3,6,9,12,15,18,21-22,26-27H2,1-2H3,(H,36,40)(H,37,39)(H,41,42)/b5-4-,8-7-,11-10-,14-13-,17-16-,20-19-. The van der Waals surface area contributed by atoms with E-state index in [1.54, 1.807) is 0 Å². The van der Waals surface area contributed by atoms with Gasteiger partial charge in [0.05, 0.1) is 12.9 Å². The van der Waals surface area contributed by atoms with Crippen molar-refractivity contribution < 1.29 is 34.1 Å². The van der Waals surface area contributed by atoms with Gasteiger partial charge in [-0.25, -0.2) is 9.59 Å². The van der Waals surface area contributed by atoms with Crippen molar-refractivity contribution in [1.29, 1.82) is 0 Å². The van der Waals surface area contributed by atoms with Crippen LogP contribution in [0.5, 0.6) is 5.75 Å². The monoisotopic (exact) mass is 670 g/mol. The maximum atomic E-state index is 12.4. The molecule has 1 atom stereocenters. The molecule has 11 heteroatoms. The predicted octanol–water partition coefficient (Wildman–Crippen LogP) is 7.55. The van der Waals surface area contributed by atoms with Gasteiger partial charge in [0.1, 0.15) is 17.4 Å². The Morgan fingerprint density at radius 1 is 0.804 bits per heavy atom. The molecule has 0 saturated carbocycles. The lowest BCUT2D eigenvalue weighted by molar-refractivity contribution is -0.144. The summed E-state index contributed by atoms with van der Waals surface area (Å²) in [7, 11) is 3.63. The summed E-state index contributed by atoms with van der Waals surface area (Å²) in [5.74, 6) is -2.76. The van der Waals surface area contributed by atoms with Gasteiger partial charge in [-0.1, -0.05) is 101 Å². The number of esters is 1. The summed E-state index contributed by atoms with van der Waals surface area (Å²) in [6, 6.07) is 2.88. The van der Waals surface area contributed by atoms with Gasteiger partial charge in [-0.05, 0) is 63.1 Å². The SMILES string of the molecule is CC/C=C\C/C=C\C/C=C\C/C=C\C/C=C\C/C=C\CCC(=O)NC(CSSCC(=O)Nc1ccc(O)c(C(=O)O)c1)C(=O)OC. The number of hydrogen-bond donors (Lipinski definition) is 4. The van der Waals surface area contributed by atoms with Crippen LogP contribution in [0, 0.1) is 0 Å². The van der Waals surface area contributed by atoms with Crippen LogP contribution in [0.4, 0.5) is 5.69 Å². The van der Waals surface area contributed by atoms with Crippen molar-refractivity contribution in [3.63, 3.8) is 0 Å². The van der Waals surface area contributed by atoms with Crippen LogP contribution in [0.2, 0.25) is 0 Å². The maximum absolute atomic E-state index is 12.4. The van der Waals surface area contributed by atoms with Crippen molar-refractivity contribution in [2.24, 2.45) is 0 Å². The Balaban J connectivity index is 2.24. The van der Waals surface area contributed by atoms with Gasteiger partial charge in [0.15, 0.2) is 0 Å². The number of amides is 2. The average molecular weight is 671 g/mol. The van der Waals surface area contributed by atoms with Gasteiger partial charge >= 0.3 is 11.9 Å². The molecule has 2 amide bonds. The molecule has 0 aromatic heterocycles. The number of nitrogens with one attached hydrogen (secondary N) is 2. The largest absolute Gasteiger partial charge is 0.507 e. The molecule has 0 aliphatic carbocycles. The van der Waals surface area contributed by atoms with E-state index in [9.17, 15) is 24.3 Å². The lowest BCUT2D eigenvalue weighted by atomic mass is 10.2. The summed E-state index contributed by atoms with van der Waals surface area (Å²) >= 11 is 0. The fraction of sp³-hybridized carbons (Fsp3) is 0.371. The van der Waals surface area contributed by atoms with Crippen LogP contribution in [0.3, 0.4) is 0 Å². The highest BCUT2D eigenvalue weighted by Gasteiger charge is 2.21. The summed E-state index contributed by atoms with van der Waals surface area (Å²) in [5.41, 5.74) is -0.0882. The van der Waals surface area contributed by atoms with Crippen molar-refractivity contribution in [3.8, 4) is 5.75 Å². The highest BCUT2D eigenvalue weighted by Crippen LogP contribution is 2.24. The van der Waals surface area contributed by atoms with E-state index in [4.69, 9.17) is 9.84 Å². The number of phenols is 1. The molecular formula is C35H46N2O7S2. The molecule has 1 aromatic carbocycles. The number of allylic oxidation sites excluding steroid dienone is 12. The Kier molecular flexibility index (Phi) is 22.9. The minimum Gasteiger partial charge on any atom is -0.507 e. The molecule has 0 fully saturated rings. The van der Waals surface area contributed by atoms with E-state index in [-0.39, 0.29) is 35.1 Å². The van der Waals surface area contributed by atoms with Gasteiger partial charge in [-0.2, -0.15) is 0 Å². The predicted molar refractivity (Wildman–Crippen MR) is 190 cm³/mol. The molecule has 250 valence electrons. The number of rotatable bonds is 23. The van der Waals surface area contributed by atoms with Crippen LogP contribution in [0.1, 0.15) is 68.6 Å². The number of ether oxygens (including phenoxy) is 1. The second-order valence-corrected chi connectivity index (χ2v) is 12.2. The van der Waals surface area contributed by atoms with Crippen molar-refractivity contribution in [2.45, 2.75) is 64.3 Å². The van der Waals surface area contributed by atoms with E-state index in [2.05, 4.69) is 78.3 Å². The number of anilines is 1. The van der Waals surface area contributed by atoms with E-state index in [0.29, 0.717) is 6.42 Å². The zero-order valence-corrected chi connectivity index (χ0v) is 28.2. The third-order valence-corrected chi connectivity index (χ3v) is 8.25. The third-order valence-electron chi connectivity index (χ3n) is 5.97. The highest BCUT2D eigenvalue weighted by molar-refractivity contribution is 8.76. The zero-order valence-electron chi connectivity index (χ0n) is 26.6. The lowest BCUT2D eigenvalue weighted by Gasteiger charge is -2.15. The first-order chi connectivity index (χ1) is 22.3. The minimum atomic E-state index is -1.31. The number of aromatic hydroxyl groups is 1. The summed E-state index contributed by atoms with van der Waals surface area (Å²) in [6.45, 7) is 2.13. The molecule has 9 nitrogen and oxygen atoms in total. The number of hydrogen-bond acceptors (Lipinski definition) is 8. The molecule has 0 aliphatic heterocycles. The number of carbonyl (C=O) groups is 4. The van der Waals surface area contributed by atoms with Crippen LogP contribution in [0.15, 0.2) is 91.1 Å². The Morgan fingerprint density at radius 3 is 1.87 bits per heavy atom. The molecule has 1 unspecified atom stereocenters. The van der Waals surface area contributed by atoms with Crippen molar-refractivity contribution in [2.75, 3.05) is 23.9 Å². The number of aromatic carboxylic acids is 1. The first kappa shape index (κ1) is 40.1. The summed E-state index contributed by atoms with van der Waals surface area (Å²) < 4.78 is 4.80. The summed E-state index contributed by atoms with van der Waals surface area (Å²) in [6.07, 6.45) is 31.8. The highest BCUT2D eigenvalue weighted by atomic mass is 33.1. The van der Waals surface area contributed by atoms with Crippen molar-refractivity contribution >= 4 is 51.0 Å². The number of benzene rings is 1. The van der Waals surface area contributed by atoms with E-state index in [1.807, 2.05) is 12.2 Å². The second kappa shape index (κ2) is 26.3. The van der Waals surface area contributed by atoms with Crippen LogP contribution >= 0.6 is 21.6 Å². The Bertz CT molecular complexity index is 1270.